The number of aromatic nitrogens is 1. The second kappa shape index (κ2) is 7.74. The van der Waals surface area contributed by atoms with Crippen molar-refractivity contribution < 1.29 is 19.5 Å². The summed E-state index contributed by atoms with van der Waals surface area (Å²) in [5.74, 6) is -1.89. The van der Waals surface area contributed by atoms with Crippen LogP contribution < -0.4 is 10.6 Å². The third-order valence-electron chi connectivity index (χ3n) is 4.15. The molecule has 2 aromatic carbocycles. The fraction of sp³-hybridized carbons (Fsp3) is 0.150. The summed E-state index contributed by atoms with van der Waals surface area (Å²) in [5.41, 5.74) is 2.46. The lowest BCUT2D eigenvalue weighted by atomic mass is 10.0. The lowest BCUT2D eigenvalue weighted by Gasteiger charge is -2.15. The Morgan fingerprint density at radius 3 is 2.63 bits per heavy atom. The van der Waals surface area contributed by atoms with E-state index in [4.69, 9.17) is 0 Å². The number of benzene rings is 2. The van der Waals surface area contributed by atoms with Gasteiger partial charge in [0, 0.05) is 41.7 Å². The SMILES string of the molecule is CC(=O)Nc1cccc(C(=O)N[C@H](Cc2c[nH]c3ccccc23)C(=O)O)c1. The van der Waals surface area contributed by atoms with Crippen LogP contribution in [0.4, 0.5) is 5.69 Å². The first-order valence-corrected chi connectivity index (χ1v) is 8.40. The number of hydrogen-bond acceptors (Lipinski definition) is 3. The van der Waals surface area contributed by atoms with Crippen LogP contribution in [0.3, 0.4) is 0 Å². The first-order chi connectivity index (χ1) is 12.9. The van der Waals surface area contributed by atoms with Crippen molar-refractivity contribution in [1.82, 2.24) is 10.3 Å². The molecule has 3 rings (SSSR count). The lowest BCUT2D eigenvalue weighted by Crippen LogP contribution is -2.42. The minimum Gasteiger partial charge on any atom is -0.480 e. The Kier molecular flexibility index (Phi) is 5.21. The normalized spacial score (nSPS) is 11.7. The maximum Gasteiger partial charge on any atom is 0.326 e. The topological polar surface area (TPSA) is 111 Å². The molecule has 0 radical (unpaired) electrons. The van der Waals surface area contributed by atoms with Gasteiger partial charge in [0.2, 0.25) is 5.91 Å². The van der Waals surface area contributed by atoms with Crippen molar-refractivity contribution in [3.63, 3.8) is 0 Å². The Bertz CT molecular complexity index is 1010. The number of aliphatic carboxylic acids is 1. The van der Waals surface area contributed by atoms with Crippen molar-refractivity contribution in [3.8, 4) is 0 Å². The summed E-state index contributed by atoms with van der Waals surface area (Å²) >= 11 is 0. The molecule has 1 heterocycles. The van der Waals surface area contributed by atoms with Crippen molar-refractivity contribution in [2.75, 3.05) is 5.32 Å². The van der Waals surface area contributed by atoms with Crippen molar-refractivity contribution in [3.05, 3.63) is 65.9 Å². The zero-order chi connectivity index (χ0) is 19.4. The fourth-order valence-electron chi connectivity index (χ4n) is 2.90. The summed E-state index contributed by atoms with van der Waals surface area (Å²) in [7, 11) is 0. The summed E-state index contributed by atoms with van der Waals surface area (Å²) in [6.07, 6.45) is 1.90. The van der Waals surface area contributed by atoms with Crippen LogP contribution in [0.15, 0.2) is 54.7 Å². The molecule has 0 saturated carbocycles. The number of anilines is 1. The molecule has 1 atom stereocenters. The number of hydrogen-bond donors (Lipinski definition) is 4. The first kappa shape index (κ1) is 18.2. The lowest BCUT2D eigenvalue weighted by molar-refractivity contribution is -0.139. The number of amides is 2. The van der Waals surface area contributed by atoms with Crippen LogP contribution in [0, 0.1) is 0 Å². The van der Waals surface area contributed by atoms with E-state index in [0.717, 1.165) is 16.5 Å². The number of carboxylic acid groups (broad SMARTS) is 1. The molecule has 0 bridgehead atoms. The third kappa shape index (κ3) is 4.33. The number of carbonyl (C=O) groups excluding carboxylic acids is 2. The molecular formula is C20H19N3O4. The number of fused-ring (bicyclic) bond motifs is 1. The Hall–Kier alpha value is -3.61. The van der Waals surface area contributed by atoms with Gasteiger partial charge in [-0.25, -0.2) is 4.79 Å². The molecule has 0 saturated heterocycles. The molecule has 0 fully saturated rings. The molecule has 7 nitrogen and oxygen atoms in total. The van der Waals surface area contributed by atoms with Gasteiger partial charge in [0.25, 0.3) is 5.91 Å². The highest BCUT2D eigenvalue weighted by molar-refractivity contribution is 5.98. The molecule has 3 aromatic rings. The van der Waals surface area contributed by atoms with E-state index < -0.39 is 17.9 Å². The van der Waals surface area contributed by atoms with Crippen molar-refractivity contribution >= 4 is 34.4 Å². The summed E-state index contributed by atoms with van der Waals surface area (Å²) in [4.78, 5) is 38.4. The maximum atomic E-state index is 12.5. The van der Waals surface area contributed by atoms with E-state index in [1.165, 1.54) is 13.0 Å². The van der Waals surface area contributed by atoms with Gasteiger partial charge in [-0.1, -0.05) is 24.3 Å². The van der Waals surface area contributed by atoms with E-state index >= 15 is 0 Å². The van der Waals surface area contributed by atoms with Gasteiger partial charge in [0.15, 0.2) is 0 Å². The number of carboxylic acids is 1. The maximum absolute atomic E-state index is 12.5. The Balaban J connectivity index is 1.77. The average Bonchev–Trinajstić information content (AvgIpc) is 3.04. The van der Waals surface area contributed by atoms with Crippen LogP contribution in [0.1, 0.15) is 22.8 Å². The Morgan fingerprint density at radius 2 is 1.89 bits per heavy atom. The summed E-state index contributed by atoms with van der Waals surface area (Å²) in [5, 5.41) is 15.6. The van der Waals surface area contributed by atoms with Crippen molar-refractivity contribution in [2.45, 2.75) is 19.4 Å². The molecular weight excluding hydrogens is 346 g/mol. The number of H-pyrrole nitrogens is 1. The van der Waals surface area contributed by atoms with E-state index in [-0.39, 0.29) is 17.9 Å². The number of rotatable bonds is 6. The molecule has 1 aromatic heterocycles. The van der Waals surface area contributed by atoms with Crippen molar-refractivity contribution in [2.24, 2.45) is 0 Å². The van der Waals surface area contributed by atoms with Crippen LogP contribution in [-0.2, 0) is 16.0 Å². The second-order valence-electron chi connectivity index (χ2n) is 6.19. The highest BCUT2D eigenvalue weighted by Gasteiger charge is 2.22. The number of carbonyl (C=O) groups is 3. The smallest absolute Gasteiger partial charge is 0.326 e. The largest absolute Gasteiger partial charge is 0.480 e. The van der Waals surface area contributed by atoms with E-state index in [0.29, 0.717) is 5.69 Å². The highest BCUT2D eigenvalue weighted by atomic mass is 16.4. The van der Waals surface area contributed by atoms with Gasteiger partial charge < -0.3 is 20.7 Å². The van der Waals surface area contributed by atoms with E-state index in [1.807, 2.05) is 24.3 Å². The quantitative estimate of drug-likeness (QED) is 0.538. The van der Waals surface area contributed by atoms with E-state index in [2.05, 4.69) is 15.6 Å². The van der Waals surface area contributed by atoms with Gasteiger partial charge in [-0.15, -0.1) is 0 Å². The summed E-state index contributed by atoms with van der Waals surface area (Å²) in [6.45, 7) is 1.37. The minimum atomic E-state index is -1.12. The second-order valence-corrected chi connectivity index (χ2v) is 6.19. The van der Waals surface area contributed by atoms with Crippen LogP contribution in [0.25, 0.3) is 10.9 Å². The molecule has 4 N–H and O–H groups in total. The number of nitrogens with one attached hydrogen (secondary N) is 3. The Morgan fingerprint density at radius 1 is 1.11 bits per heavy atom. The van der Waals surface area contributed by atoms with Crippen LogP contribution in [-0.4, -0.2) is 33.9 Å². The molecule has 0 aliphatic carbocycles. The molecule has 0 aliphatic rings. The van der Waals surface area contributed by atoms with Crippen LogP contribution in [0.5, 0.6) is 0 Å². The van der Waals surface area contributed by atoms with Gasteiger partial charge in [-0.05, 0) is 29.8 Å². The Labute approximate surface area is 155 Å². The number of para-hydroxylation sites is 1. The van der Waals surface area contributed by atoms with Crippen LogP contribution in [0.2, 0.25) is 0 Å². The monoisotopic (exact) mass is 365 g/mol. The minimum absolute atomic E-state index is 0.149. The molecule has 0 spiro atoms. The van der Waals surface area contributed by atoms with E-state index in [1.54, 1.807) is 24.4 Å². The number of aromatic amines is 1. The predicted molar refractivity (Wildman–Crippen MR) is 102 cm³/mol. The molecule has 27 heavy (non-hydrogen) atoms. The van der Waals surface area contributed by atoms with E-state index in [9.17, 15) is 19.5 Å². The summed E-state index contributed by atoms with van der Waals surface area (Å²) in [6, 6.07) is 12.8. The first-order valence-electron chi connectivity index (χ1n) is 8.40. The van der Waals surface area contributed by atoms with Gasteiger partial charge in [-0.3, -0.25) is 9.59 Å². The predicted octanol–water partition coefficient (Wildman–Crippen LogP) is 2.55. The third-order valence-corrected chi connectivity index (χ3v) is 4.15. The van der Waals surface area contributed by atoms with Crippen molar-refractivity contribution in [1.29, 1.82) is 0 Å². The molecule has 138 valence electrons. The molecule has 7 heteroatoms. The standard InChI is InChI=1S/C20H19N3O4/c1-12(24)22-15-6-4-5-13(9-15)19(25)23-18(20(26)27)10-14-11-21-17-8-3-2-7-16(14)17/h2-9,11,18,21H,10H2,1H3,(H,22,24)(H,23,25)(H,26,27)/t18-/m1/s1. The summed E-state index contributed by atoms with van der Waals surface area (Å²) < 4.78 is 0. The van der Waals surface area contributed by atoms with Gasteiger partial charge >= 0.3 is 5.97 Å². The zero-order valence-corrected chi connectivity index (χ0v) is 14.7. The molecule has 0 unspecified atom stereocenters. The molecule has 0 aliphatic heterocycles. The van der Waals surface area contributed by atoms with Gasteiger partial charge in [0.05, 0.1) is 0 Å². The molecule has 2 amide bonds. The van der Waals surface area contributed by atoms with Gasteiger partial charge in [-0.2, -0.15) is 0 Å². The highest BCUT2D eigenvalue weighted by Crippen LogP contribution is 2.19. The zero-order valence-electron chi connectivity index (χ0n) is 14.7. The average molecular weight is 365 g/mol. The fourth-order valence-corrected chi connectivity index (χ4v) is 2.90. The van der Waals surface area contributed by atoms with Crippen LogP contribution >= 0.6 is 0 Å². The van der Waals surface area contributed by atoms with Gasteiger partial charge in [0.1, 0.15) is 6.04 Å².